The molecule has 1 fully saturated rings. The summed E-state index contributed by atoms with van der Waals surface area (Å²) < 4.78 is 25.0. The average molecular weight is 424 g/mol. The Morgan fingerprint density at radius 1 is 1.04 bits per heavy atom. The molecule has 0 aliphatic carbocycles. The van der Waals surface area contributed by atoms with Crippen LogP contribution in [-0.4, -0.2) is 58.5 Å². The van der Waals surface area contributed by atoms with Crippen LogP contribution in [0.15, 0.2) is 59.5 Å². The quantitative estimate of drug-likeness (QED) is 0.709. The van der Waals surface area contributed by atoms with Crippen molar-refractivity contribution in [3.63, 3.8) is 0 Å². The van der Waals surface area contributed by atoms with Crippen molar-refractivity contribution in [2.45, 2.75) is 10.6 Å². The average Bonchev–Trinajstić information content (AvgIpc) is 2.69. The van der Waals surface area contributed by atoms with E-state index in [1.165, 1.54) is 0 Å². The van der Waals surface area contributed by atoms with Crippen molar-refractivity contribution in [1.29, 1.82) is 0 Å². The summed E-state index contributed by atoms with van der Waals surface area (Å²) >= 11 is 0. The standard InChI is InChI=1S/C20H25N3O3S.ClH/c24-20(22-11-14-23-12-9-21-10-13-23)18-6-4-5-17(15-18)16-27(25,26)19-7-2-1-3-8-19;/h1-8,15,21H,9-14,16H2,(H,22,24);1H. The summed E-state index contributed by atoms with van der Waals surface area (Å²) in [5.41, 5.74) is 1.09. The van der Waals surface area contributed by atoms with Gasteiger partial charge in [-0.15, -0.1) is 12.4 Å². The monoisotopic (exact) mass is 423 g/mol. The molecule has 2 aromatic rings. The number of halogens is 1. The Hall–Kier alpha value is -1.93. The number of amides is 1. The molecule has 0 unspecified atom stereocenters. The molecule has 6 nitrogen and oxygen atoms in total. The Balaban J connectivity index is 0.00000280. The van der Waals surface area contributed by atoms with E-state index in [0.717, 1.165) is 32.7 Å². The lowest BCUT2D eigenvalue weighted by Crippen LogP contribution is -2.46. The van der Waals surface area contributed by atoms with Gasteiger partial charge in [0.05, 0.1) is 10.6 Å². The molecule has 2 N–H and O–H groups in total. The number of carbonyl (C=O) groups excluding carboxylic acids is 1. The topological polar surface area (TPSA) is 78.5 Å². The first kappa shape index (κ1) is 22.4. The van der Waals surface area contributed by atoms with Crippen molar-refractivity contribution < 1.29 is 13.2 Å². The number of benzene rings is 2. The van der Waals surface area contributed by atoms with E-state index in [1.807, 2.05) is 0 Å². The number of hydrogen-bond donors (Lipinski definition) is 2. The molecule has 1 aliphatic rings. The van der Waals surface area contributed by atoms with Crippen LogP contribution in [0.2, 0.25) is 0 Å². The van der Waals surface area contributed by atoms with Gasteiger partial charge in [-0.1, -0.05) is 30.3 Å². The first-order valence-corrected chi connectivity index (χ1v) is 10.8. The van der Waals surface area contributed by atoms with E-state index >= 15 is 0 Å². The largest absolute Gasteiger partial charge is 0.351 e. The molecule has 0 aromatic heterocycles. The van der Waals surface area contributed by atoms with Crippen LogP contribution in [0.3, 0.4) is 0 Å². The van der Waals surface area contributed by atoms with Crippen molar-refractivity contribution in [1.82, 2.24) is 15.5 Å². The summed E-state index contributed by atoms with van der Waals surface area (Å²) in [5.74, 6) is -0.303. The number of nitrogens with zero attached hydrogens (tertiary/aromatic N) is 1. The fourth-order valence-electron chi connectivity index (χ4n) is 3.10. The van der Waals surface area contributed by atoms with Crippen LogP contribution in [0.5, 0.6) is 0 Å². The van der Waals surface area contributed by atoms with Gasteiger partial charge in [0.2, 0.25) is 0 Å². The third kappa shape index (κ3) is 6.31. The summed E-state index contributed by atoms with van der Waals surface area (Å²) in [5, 5.41) is 6.22. The highest BCUT2D eigenvalue weighted by molar-refractivity contribution is 7.90. The van der Waals surface area contributed by atoms with Gasteiger partial charge in [-0.3, -0.25) is 9.69 Å². The normalized spacial score (nSPS) is 14.9. The zero-order valence-corrected chi connectivity index (χ0v) is 17.3. The van der Waals surface area contributed by atoms with E-state index in [0.29, 0.717) is 17.7 Å². The molecule has 1 amide bonds. The summed E-state index contributed by atoms with van der Waals surface area (Å²) in [7, 11) is -3.43. The Morgan fingerprint density at radius 2 is 1.75 bits per heavy atom. The molecule has 2 aromatic carbocycles. The lowest BCUT2D eigenvalue weighted by Gasteiger charge is -2.27. The second-order valence-corrected chi connectivity index (χ2v) is 8.61. The fraction of sp³-hybridized carbons (Fsp3) is 0.350. The van der Waals surface area contributed by atoms with Crippen LogP contribution in [0, 0.1) is 0 Å². The Bertz CT molecular complexity index is 869. The predicted octanol–water partition coefficient (Wildman–Crippen LogP) is 1.72. The first-order valence-electron chi connectivity index (χ1n) is 9.13. The third-order valence-electron chi connectivity index (χ3n) is 4.57. The zero-order valence-electron chi connectivity index (χ0n) is 15.6. The molecule has 1 saturated heterocycles. The molecular formula is C20H26ClN3O3S. The zero-order chi connectivity index (χ0) is 19.1. The molecule has 152 valence electrons. The molecule has 28 heavy (non-hydrogen) atoms. The minimum Gasteiger partial charge on any atom is -0.351 e. The highest BCUT2D eigenvalue weighted by atomic mass is 35.5. The molecule has 0 bridgehead atoms. The van der Waals surface area contributed by atoms with Crippen LogP contribution < -0.4 is 10.6 Å². The summed E-state index contributed by atoms with van der Waals surface area (Å²) in [4.78, 5) is 15.0. The first-order chi connectivity index (χ1) is 13.0. The van der Waals surface area contributed by atoms with Crippen LogP contribution in [-0.2, 0) is 15.6 Å². The molecule has 0 radical (unpaired) electrons. The van der Waals surface area contributed by atoms with Crippen molar-refractivity contribution >= 4 is 28.2 Å². The molecule has 0 atom stereocenters. The molecular weight excluding hydrogens is 398 g/mol. The highest BCUT2D eigenvalue weighted by Gasteiger charge is 2.16. The van der Waals surface area contributed by atoms with E-state index in [4.69, 9.17) is 0 Å². The summed E-state index contributed by atoms with van der Waals surface area (Å²) in [6, 6.07) is 15.2. The van der Waals surface area contributed by atoms with Crippen molar-refractivity contribution in [3.05, 3.63) is 65.7 Å². The third-order valence-corrected chi connectivity index (χ3v) is 6.28. The van der Waals surface area contributed by atoms with E-state index in [-0.39, 0.29) is 29.0 Å². The van der Waals surface area contributed by atoms with Gasteiger partial charge in [-0.2, -0.15) is 0 Å². The van der Waals surface area contributed by atoms with E-state index < -0.39 is 9.84 Å². The Morgan fingerprint density at radius 3 is 2.46 bits per heavy atom. The highest BCUT2D eigenvalue weighted by Crippen LogP contribution is 2.17. The number of carbonyl (C=O) groups is 1. The second-order valence-electron chi connectivity index (χ2n) is 6.62. The van der Waals surface area contributed by atoms with E-state index in [1.54, 1.807) is 54.6 Å². The van der Waals surface area contributed by atoms with Gasteiger partial charge >= 0.3 is 0 Å². The van der Waals surface area contributed by atoms with Crippen LogP contribution in [0.4, 0.5) is 0 Å². The Labute approximate surface area is 172 Å². The number of hydrogen-bond acceptors (Lipinski definition) is 5. The number of piperazine rings is 1. The summed E-state index contributed by atoms with van der Waals surface area (Å²) in [6.45, 7) is 5.32. The molecule has 3 rings (SSSR count). The Kier molecular flexibility index (Phi) is 8.44. The van der Waals surface area contributed by atoms with Gasteiger partial charge in [0.15, 0.2) is 9.84 Å². The van der Waals surface area contributed by atoms with E-state index in [9.17, 15) is 13.2 Å². The number of rotatable bonds is 7. The summed E-state index contributed by atoms with van der Waals surface area (Å²) in [6.07, 6.45) is 0. The maximum absolute atomic E-state index is 12.5. The maximum Gasteiger partial charge on any atom is 0.251 e. The van der Waals surface area contributed by atoms with Crippen LogP contribution in [0.25, 0.3) is 0 Å². The van der Waals surface area contributed by atoms with Gasteiger partial charge < -0.3 is 10.6 Å². The fourth-order valence-corrected chi connectivity index (χ4v) is 4.45. The van der Waals surface area contributed by atoms with Gasteiger partial charge in [0.1, 0.15) is 0 Å². The minimum absolute atomic E-state index is 0. The SMILES string of the molecule is Cl.O=C(NCCN1CCNCC1)c1cccc(CS(=O)(=O)c2ccccc2)c1. The van der Waals surface area contributed by atoms with Gasteiger partial charge in [-0.05, 0) is 29.8 Å². The second kappa shape index (κ2) is 10.6. The number of sulfone groups is 1. The van der Waals surface area contributed by atoms with Gasteiger partial charge in [0.25, 0.3) is 5.91 Å². The van der Waals surface area contributed by atoms with Crippen molar-refractivity contribution in [3.8, 4) is 0 Å². The van der Waals surface area contributed by atoms with Crippen LogP contribution in [0.1, 0.15) is 15.9 Å². The predicted molar refractivity (Wildman–Crippen MR) is 113 cm³/mol. The lowest BCUT2D eigenvalue weighted by atomic mass is 10.1. The maximum atomic E-state index is 12.5. The van der Waals surface area contributed by atoms with E-state index in [2.05, 4.69) is 15.5 Å². The molecule has 1 heterocycles. The van der Waals surface area contributed by atoms with Gasteiger partial charge in [0, 0.05) is 44.8 Å². The minimum atomic E-state index is -3.43. The van der Waals surface area contributed by atoms with Gasteiger partial charge in [-0.25, -0.2) is 8.42 Å². The molecule has 0 spiro atoms. The molecule has 8 heteroatoms. The molecule has 0 saturated carbocycles. The smallest absolute Gasteiger partial charge is 0.251 e. The molecule has 1 aliphatic heterocycles. The van der Waals surface area contributed by atoms with Crippen LogP contribution >= 0.6 is 12.4 Å². The number of nitrogens with one attached hydrogen (secondary N) is 2. The van der Waals surface area contributed by atoms with Crippen molar-refractivity contribution in [2.75, 3.05) is 39.3 Å². The lowest BCUT2D eigenvalue weighted by molar-refractivity contribution is 0.0947. The van der Waals surface area contributed by atoms with Crippen molar-refractivity contribution in [2.24, 2.45) is 0 Å².